The van der Waals surface area contributed by atoms with Crippen molar-refractivity contribution < 1.29 is 4.74 Å². The van der Waals surface area contributed by atoms with Gasteiger partial charge in [-0.25, -0.2) is 0 Å². The van der Waals surface area contributed by atoms with E-state index in [4.69, 9.17) is 16.3 Å². The zero-order valence-electron chi connectivity index (χ0n) is 11.6. The van der Waals surface area contributed by atoms with Crippen LogP contribution in [0.5, 0.6) is 5.75 Å². The molecule has 0 aliphatic rings. The third kappa shape index (κ3) is 2.78. The monoisotopic (exact) mass is 295 g/mol. The number of aryl methyl sites for hydroxylation is 2. The Morgan fingerprint density at radius 3 is 2.47 bits per heavy atom. The van der Waals surface area contributed by atoms with Crippen molar-refractivity contribution in [3.8, 4) is 5.75 Å². The maximum Gasteiger partial charge on any atom is 0.119 e. The summed E-state index contributed by atoms with van der Waals surface area (Å²) >= 11 is 8.09. The molecule has 102 valence electrons. The van der Waals surface area contributed by atoms with E-state index in [1.54, 1.807) is 18.4 Å². The lowest BCUT2D eigenvalue weighted by molar-refractivity contribution is 0.414. The first-order chi connectivity index (χ1) is 9.08. The Labute approximate surface area is 123 Å². The summed E-state index contributed by atoms with van der Waals surface area (Å²) in [4.78, 5) is 1.16. The summed E-state index contributed by atoms with van der Waals surface area (Å²) in [5.41, 5.74) is 3.56. The van der Waals surface area contributed by atoms with Crippen LogP contribution in [0.4, 0.5) is 0 Å². The van der Waals surface area contributed by atoms with Gasteiger partial charge in [0.25, 0.3) is 0 Å². The van der Waals surface area contributed by atoms with Gasteiger partial charge in [-0.15, -0.1) is 11.3 Å². The number of benzene rings is 1. The quantitative estimate of drug-likeness (QED) is 0.906. The van der Waals surface area contributed by atoms with Crippen molar-refractivity contribution in [3.63, 3.8) is 0 Å². The highest BCUT2D eigenvalue weighted by Gasteiger charge is 2.20. The fraction of sp³-hybridized carbons (Fsp3) is 0.333. The molecule has 1 atom stereocenters. The molecule has 0 amide bonds. The van der Waals surface area contributed by atoms with E-state index < -0.39 is 0 Å². The van der Waals surface area contributed by atoms with Crippen molar-refractivity contribution in [2.24, 2.45) is 0 Å². The lowest BCUT2D eigenvalue weighted by Gasteiger charge is -2.19. The number of hydrogen-bond donors (Lipinski definition) is 1. The molecule has 0 spiro atoms. The molecular weight excluding hydrogens is 278 g/mol. The zero-order valence-corrected chi connectivity index (χ0v) is 13.2. The van der Waals surface area contributed by atoms with Gasteiger partial charge in [-0.05, 0) is 55.1 Å². The van der Waals surface area contributed by atoms with Gasteiger partial charge in [-0.1, -0.05) is 17.7 Å². The van der Waals surface area contributed by atoms with E-state index in [1.165, 1.54) is 11.1 Å². The van der Waals surface area contributed by atoms with Crippen molar-refractivity contribution in [2.45, 2.75) is 19.9 Å². The summed E-state index contributed by atoms with van der Waals surface area (Å²) in [6, 6.07) is 6.26. The molecule has 2 aromatic rings. The van der Waals surface area contributed by atoms with Gasteiger partial charge in [0.2, 0.25) is 0 Å². The number of halogens is 1. The fourth-order valence-electron chi connectivity index (χ4n) is 2.17. The highest BCUT2D eigenvalue weighted by atomic mass is 35.5. The molecule has 2 nitrogen and oxygen atoms in total. The van der Waals surface area contributed by atoms with Gasteiger partial charge in [0, 0.05) is 4.88 Å². The fourth-order valence-corrected chi connectivity index (χ4v) is 3.60. The average molecular weight is 296 g/mol. The number of rotatable bonds is 4. The Balaban J connectivity index is 2.45. The topological polar surface area (TPSA) is 21.3 Å². The largest absolute Gasteiger partial charge is 0.497 e. The first-order valence-corrected chi connectivity index (χ1v) is 7.39. The van der Waals surface area contributed by atoms with E-state index in [9.17, 15) is 0 Å². The second-order valence-corrected chi connectivity index (χ2v) is 5.83. The van der Waals surface area contributed by atoms with E-state index in [-0.39, 0.29) is 6.04 Å². The number of ether oxygens (including phenoxy) is 1. The lowest BCUT2D eigenvalue weighted by Crippen LogP contribution is -2.18. The molecule has 0 fully saturated rings. The second kappa shape index (κ2) is 5.95. The van der Waals surface area contributed by atoms with Crippen LogP contribution in [0.25, 0.3) is 0 Å². The maximum atomic E-state index is 6.39. The molecule has 4 heteroatoms. The van der Waals surface area contributed by atoms with E-state index in [2.05, 4.69) is 23.7 Å². The summed E-state index contributed by atoms with van der Waals surface area (Å²) < 4.78 is 5.25. The number of hydrogen-bond acceptors (Lipinski definition) is 3. The van der Waals surface area contributed by atoms with E-state index in [1.807, 2.05) is 26.1 Å². The Morgan fingerprint density at radius 2 is 2.00 bits per heavy atom. The summed E-state index contributed by atoms with van der Waals surface area (Å²) in [5.74, 6) is 0.879. The van der Waals surface area contributed by atoms with Gasteiger partial charge in [-0.3, -0.25) is 0 Å². The molecule has 2 rings (SSSR count). The Kier molecular flexibility index (Phi) is 4.50. The molecule has 19 heavy (non-hydrogen) atoms. The van der Waals surface area contributed by atoms with Crippen LogP contribution in [0.1, 0.15) is 27.6 Å². The Morgan fingerprint density at radius 1 is 1.26 bits per heavy atom. The van der Waals surface area contributed by atoms with Crippen LogP contribution in [0.15, 0.2) is 23.6 Å². The minimum atomic E-state index is 0.122. The van der Waals surface area contributed by atoms with Crippen LogP contribution in [-0.4, -0.2) is 14.2 Å². The smallest absolute Gasteiger partial charge is 0.119 e. The molecule has 0 aliphatic carbocycles. The first kappa shape index (κ1) is 14.4. The van der Waals surface area contributed by atoms with E-state index in [0.29, 0.717) is 0 Å². The zero-order chi connectivity index (χ0) is 14.0. The van der Waals surface area contributed by atoms with Gasteiger partial charge in [0.1, 0.15) is 5.75 Å². The molecule has 1 aromatic heterocycles. The second-order valence-electron chi connectivity index (χ2n) is 4.54. The summed E-state index contributed by atoms with van der Waals surface area (Å²) in [6.07, 6.45) is 0. The predicted molar refractivity (Wildman–Crippen MR) is 82.7 cm³/mol. The first-order valence-electron chi connectivity index (χ1n) is 6.13. The van der Waals surface area contributed by atoms with Gasteiger partial charge < -0.3 is 10.1 Å². The van der Waals surface area contributed by atoms with Crippen molar-refractivity contribution in [1.29, 1.82) is 0 Å². The molecule has 0 saturated heterocycles. The van der Waals surface area contributed by atoms with Crippen molar-refractivity contribution in [3.05, 3.63) is 50.2 Å². The molecule has 1 heterocycles. The Bertz CT molecular complexity index is 580. The van der Waals surface area contributed by atoms with Crippen LogP contribution >= 0.6 is 22.9 Å². The van der Waals surface area contributed by atoms with Gasteiger partial charge in [0.05, 0.1) is 18.2 Å². The van der Waals surface area contributed by atoms with Gasteiger partial charge in [-0.2, -0.15) is 0 Å². The summed E-state index contributed by atoms with van der Waals surface area (Å²) in [6.45, 7) is 4.13. The molecule has 0 radical (unpaired) electrons. The summed E-state index contributed by atoms with van der Waals surface area (Å²) in [5, 5.41) is 6.31. The van der Waals surface area contributed by atoms with Crippen LogP contribution in [0.2, 0.25) is 5.02 Å². The number of thiophene rings is 1. The molecule has 0 bridgehead atoms. The number of nitrogens with one attached hydrogen (secondary N) is 1. The van der Waals surface area contributed by atoms with E-state index >= 15 is 0 Å². The van der Waals surface area contributed by atoms with Crippen LogP contribution in [-0.2, 0) is 0 Å². The summed E-state index contributed by atoms with van der Waals surface area (Å²) in [7, 11) is 3.64. The third-order valence-electron chi connectivity index (χ3n) is 3.26. The third-order valence-corrected chi connectivity index (χ3v) is 5.04. The van der Waals surface area contributed by atoms with Crippen LogP contribution in [0.3, 0.4) is 0 Å². The Hall–Kier alpha value is -1.03. The molecule has 1 aromatic carbocycles. The highest BCUT2D eigenvalue weighted by Crippen LogP contribution is 2.37. The van der Waals surface area contributed by atoms with Crippen LogP contribution < -0.4 is 10.1 Å². The number of methoxy groups -OCH3 is 1. The maximum absolute atomic E-state index is 6.39. The lowest BCUT2D eigenvalue weighted by atomic mass is 9.99. The van der Waals surface area contributed by atoms with E-state index in [0.717, 1.165) is 21.2 Å². The van der Waals surface area contributed by atoms with Crippen LogP contribution in [0, 0.1) is 13.8 Å². The average Bonchev–Trinajstić information content (AvgIpc) is 2.73. The van der Waals surface area contributed by atoms with Crippen molar-refractivity contribution in [2.75, 3.05) is 14.2 Å². The molecule has 0 saturated carbocycles. The van der Waals surface area contributed by atoms with Crippen molar-refractivity contribution >= 4 is 22.9 Å². The normalized spacial score (nSPS) is 12.5. The standard InChI is InChI=1S/C15H18ClNOS/c1-9-7-11(18-4)5-6-12(9)14(17-3)15-13(16)10(2)8-19-15/h5-8,14,17H,1-4H3. The molecular formula is C15H18ClNOS. The van der Waals surface area contributed by atoms with Gasteiger partial charge in [0.15, 0.2) is 0 Å². The molecule has 1 unspecified atom stereocenters. The highest BCUT2D eigenvalue weighted by molar-refractivity contribution is 7.10. The molecule has 0 aliphatic heterocycles. The van der Waals surface area contributed by atoms with Gasteiger partial charge >= 0.3 is 0 Å². The predicted octanol–water partition coefficient (Wildman–Crippen LogP) is 4.34. The molecule has 1 N–H and O–H groups in total. The minimum Gasteiger partial charge on any atom is -0.497 e. The van der Waals surface area contributed by atoms with Crippen molar-refractivity contribution in [1.82, 2.24) is 5.32 Å². The SMILES string of the molecule is CNC(c1ccc(OC)cc1C)c1scc(C)c1Cl. The minimum absolute atomic E-state index is 0.122.